The van der Waals surface area contributed by atoms with Crippen molar-refractivity contribution in [3.63, 3.8) is 0 Å². The van der Waals surface area contributed by atoms with E-state index in [1.165, 1.54) is 4.90 Å². The monoisotopic (exact) mass is 309 g/mol. The Morgan fingerprint density at radius 3 is 2.72 bits per heavy atom. The average Bonchev–Trinajstić information content (AvgIpc) is 2.70. The number of carbonyl (C=O) groups excluding carboxylic acids is 2. The molecule has 0 spiro atoms. The maximum absolute atomic E-state index is 12.3. The van der Waals surface area contributed by atoms with Crippen LogP contribution in [0.15, 0.2) is 28.7 Å². The van der Waals surface area contributed by atoms with Crippen molar-refractivity contribution in [1.82, 2.24) is 4.90 Å². The molecule has 1 aliphatic rings. The van der Waals surface area contributed by atoms with Gasteiger partial charge < -0.3 is 0 Å². The molecule has 1 unspecified atom stereocenters. The quantitative estimate of drug-likeness (QED) is 0.787. The Bertz CT molecular complexity index is 484. The lowest BCUT2D eigenvalue weighted by molar-refractivity contribution is -0.125. The summed E-state index contributed by atoms with van der Waals surface area (Å²) >= 11 is 3.33. The van der Waals surface area contributed by atoms with Gasteiger partial charge in [-0.05, 0) is 30.0 Å². The molecule has 1 aromatic carbocycles. The summed E-state index contributed by atoms with van der Waals surface area (Å²) in [4.78, 5) is 25.5. The van der Waals surface area contributed by atoms with E-state index >= 15 is 0 Å². The summed E-state index contributed by atoms with van der Waals surface area (Å²) in [6.07, 6.45) is 0.484. The third-order valence-corrected chi connectivity index (χ3v) is 3.91. The number of hydrogen-bond acceptors (Lipinski definition) is 2. The molecular formula is C14H16BrNO2. The van der Waals surface area contributed by atoms with E-state index < -0.39 is 0 Å². The minimum Gasteiger partial charge on any atom is -0.278 e. The second-order valence-electron chi connectivity index (χ2n) is 5.03. The molecule has 0 saturated carbocycles. The first-order valence-electron chi connectivity index (χ1n) is 6.09. The minimum atomic E-state index is -0.190. The Hall–Kier alpha value is -1.16. The van der Waals surface area contributed by atoms with Crippen LogP contribution in [0.2, 0.25) is 0 Å². The number of imide groups is 1. The van der Waals surface area contributed by atoms with Crippen LogP contribution in [0, 0.1) is 11.8 Å². The number of nitrogens with zero attached hydrogens (tertiary/aromatic N) is 1. The highest BCUT2D eigenvalue weighted by Gasteiger charge is 2.35. The Labute approximate surface area is 115 Å². The van der Waals surface area contributed by atoms with Gasteiger partial charge in [-0.25, -0.2) is 0 Å². The molecule has 0 radical (unpaired) electrons. The molecule has 1 fully saturated rings. The van der Waals surface area contributed by atoms with E-state index in [-0.39, 0.29) is 17.7 Å². The lowest BCUT2D eigenvalue weighted by Crippen LogP contribution is -2.32. The van der Waals surface area contributed by atoms with Gasteiger partial charge >= 0.3 is 0 Å². The SMILES string of the molecule is CC(C)C1CC(=O)N(C(=O)c2cccc(Br)c2)C1. The largest absolute Gasteiger partial charge is 0.278 e. The molecule has 1 saturated heterocycles. The van der Waals surface area contributed by atoms with Crippen molar-refractivity contribution < 1.29 is 9.59 Å². The van der Waals surface area contributed by atoms with Crippen molar-refractivity contribution in [2.24, 2.45) is 11.8 Å². The number of benzene rings is 1. The molecular weight excluding hydrogens is 294 g/mol. The molecule has 4 heteroatoms. The van der Waals surface area contributed by atoms with Crippen molar-refractivity contribution in [2.45, 2.75) is 20.3 Å². The molecule has 96 valence electrons. The molecule has 2 amide bonds. The second-order valence-corrected chi connectivity index (χ2v) is 5.94. The van der Waals surface area contributed by atoms with Crippen LogP contribution in [0.1, 0.15) is 30.6 Å². The van der Waals surface area contributed by atoms with Crippen LogP contribution < -0.4 is 0 Å². The predicted molar refractivity (Wildman–Crippen MR) is 73.1 cm³/mol. The summed E-state index contributed by atoms with van der Waals surface area (Å²) in [5.74, 6) is 0.464. The maximum Gasteiger partial charge on any atom is 0.260 e. The standard InChI is InChI=1S/C14H16BrNO2/c1-9(2)11-7-13(17)16(8-11)14(18)10-4-3-5-12(15)6-10/h3-6,9,11H,7-8H2,1-2H3. The fourth-order valence-corrected chi connectivity index (χ4v) is 2.55. The third kappa shape index (κ3) is 2.64. The van der Waals surface area contributed by atoms with Crippen molar-refractivity contribution in [3.05, 3.63) is 34.3 Å². The summed E-state index contributed by atoms with van der Waals surface area (Å²) in [5, 5.41) is 0. The van der Waals surface area contributed by atoms with Gasteiger partial charge in [0.2, 0.25) is 5.91 Å². The highest BCUT2D eigenvalue weighted by atomic mass is 79.9. The van der Waals surface area contributed by atoms with Crippen LogP contribution in [0.3, 0.4) is 0 Å². The van der Waals surface area contributed by atoms with E-state index in [9.17, 15) is 9.59 Å². The van der Waals surface area contributed by atoms with Crippen molar-refractivity contribution >= 4 is 27.7 Å². The number of halogens is 1. The number of hydrogen-bond donors (Lipinski definition) is 0. The molecule has 2 rings (SSSR count). The molecule has 1 heterocycles. The van der Waals surface area contributed by atoms with Crippen LogP contribution >= 0.6 is 15.9 Å². The minimum absolute atomic E-state index is 0.0568. The van der Waals surface area contributed by atoms with E-state index in [4.69, 9.17) is 0 Å². The zero-order valence-corrected chi connectivity index (χ0v) is 12.1. The highest BCUT2D eigenvalue weighted by molar-refractivity contribution is 9.10. The fraction of sp³-hybridized carbons (Fsp3) is 0.429. The predicted octanol–water partition coefficient (Wildman–Crippen LogP) is 3.09. The first kappa shape index (κ1) is 13.3. The van der Waals surface area contributed by atoms with Gasteiger partial charge in [0, 0.05) is 23.0 Å². The lowest BCUT2D eigenvalue weighted by atomic mass is 9.95. The summed E-state index contributed by atoms with van der Waals surface area (Å²) in [6.45, 7) is 4.72. The first-order valence-corrected chi connectivity index (χ1v) is 6.88. The normalized spacial score (nSPS) is 19.7. The van der Waals surface area contributed by atoms with Crippen molar-refractivity contribution in [3.8, 4) is 0 Å². The number of carbonyl (C=O) groups is 2. The fourth-order valence-electron chi connectivity index (χ4n) is 2.16. The van der Waals surface area contributed by atoms with Gasteiger partial charge in [-0.2, -0.15) is 0 Å². The molecule has 0 aliphatic carbocycles. The third-order valence-electron chi connectivity index (χ3n) is 3.41. The summed E-state index contributed by atoms with van der Waals surface area (Å²) < 4.78 is 0.848. The van der Waals surface area contributed by atoms with E-state index in [0.29, 0.717) is 24.4 Å². The molecule has 1 atom stereocenters. The van der Waals surface area contributed by atoms with Gasteiger partial charge in [0.1, 0.15) is 0 Å². The first-order chi connectivity index (χ1) is 8.49. The van der Waals surface area contributed by atoms with Crippen molar-refractivity contribution in [1.29, 1.82) is 0 Å². The molecule has 3 nitrogen and oxygen atoms in total. The molecule has 1 aliphatic heterocycles. The molecule has 0 bridgehead atoms. The number of amides is 2. The zero-order chi connectivity index (χ0) is 13.3. The second kappa shape index (κ2) is 5.22. The molecule has 18 heavy (non-hydrogen) atoms. The van der Waals surface area contributed by atoms with Gasteiger partial charge in [-0.1, -0.05) is 35.8 Å². The van der Waals surface area contributed by atoms with Gasteiger partial charge in [0.25, 0.3) is 5.91 Å². The van der Waals surface area contributed by atoms with Crippen molar-refractivity contribution in [2.75, 3.05) is 6.54 Å². The highest BCUT2D eigenvalue weighted by Crippen LogP contribution is 2.26. The lowest BCUT2D eigenvalue weighted by Gasteiger charge is -2.16. The number of rotatable bonds is 2. The van der Waals surface area contributed by atoms with Crippen LogP contribution in [0.25, 0.3) is 0 Å². The Morgan fingerprint density at radius 2 is 2.17 bits per heavy atom. The summed E-state index contributed by atoms with van der Waals surface area (Å²) in [6, 6.07) is 7.15. The van der Waals surface area contributed by atoms with E-state index in [1.54, 1.807) is 18.2 Å². The van der Waals surface area contributed by atoms with Gasteiger partial charge in [0.05, 0.1) is 0 Å². The Balaban J connectivity index is 2.17. The van der Waals surface area contributed by atoms with Gasteiger partial charge in [0.15, 0.2) is 0 Å². The van der Waals surface area contributed by atoms with E-state index in [1.807, 2.05) is 6.07 Å². The summed E-state index contributed by atoms with van der Waals surface area (Å²) in [7, 11) is 0. The topological polar surface area (TPSA) is 37.4 Å². The van der Waals surface area contributed by atoms with E-state index in [0.717, 1.165) is 4.47 Å². The average molecular weight is 310 g/mol. The smallest absolute Gasteiger partial charge is 0.260 e. The Kier molecular flexibility index (Phi) is 3.85. The summed E-state index contributed by atoms with van der Waals surface area (Å²) in [5.41, 5.74) is 0.558. The zero-order valence-electron chi connectivity index (χ0n) is 10.5. The molecule has 0 aromatic heterocycles. The van der Waals surface area contributed by atoms with Crippen LogP contribution in [0.4, 0.5) is 0 Å². The van der Waals surface area contributed by atoms with Crippen LogP contribution in [0.5, 0.6) is 0 Å². The number of likely N-dealkylation sites (tertiary alicyclic amines) is 1. The van der Waals surface area contributed by atoms with Crippen LogP contribution in [-0.2, 0) is 4.79 Å². The maximum atomic E-state index is 12.3. The Morgan fingerprint density at radius 1 is 1.44 bits per heavy atom. The van der Waals surface area contributed by atoms with Gasteiger partial charge in [-0.3, -0.25) is 14.5 Å². The molecule has 0 N–H and O–H groups in total. The van der Waals surface area contributed by atoms with E-state index in [2.05, 4.69) is 29.8 Å². The van der Waals surface area contributed by atoms with Crippen LogP contribution in [-0.4, -0.2) is 23.3 Å². The molecule has 1 aromatic rings. The van der Waals surface area contributed by atoms with Gasteiger partial charge in [-0.15, -0.1) is 0 Å².